The van der Waals surface area contributed by atoms with Crippen LogP contribution < -0.4 is 10.0 Å². The Morgan fingerprint density at radius 2 is 1.48 bits per heavy atom. The average molecular weight is 455 g/mol. The number of hydrogen-bond donors (Lipinski definition) is 2. The van der Waals surface area contributed by atoms with Gasteiger partial charge in [-0.2, -0.15) is 0 Å². The van der Waals surface area contributed by atoms with Crippen LogP contribution >= 0.6 is 11.8 Å². The van der Waals surface area contributed by atoms with Gasteiger partial charge in [0.15, 0.2) is 0 Å². The first-order valence-electron chi connectivity index (χ1n) is 9.92. The summed E-state index contributed by atoms with van der Waals surface area (Å²) in [6.45, 7) is 5.95. The highest BCUT2D eigenvalue weighted by Gasteiger charge is 2.15. The number of hydrogen-bond acceptors (Lipinski definition) is 4. The van der Waals surface area contributed by atoms with Crippen molar-refractivity contribution in [2.45, 2.75) is 37.0 Å². The lowest BCUT2D eigenvalue weighted by Gasteiger charge is -2.11. The zero-order valence-corrected chi connectivity index (χ0v) is 19.4. The minimum atomic E-state index is -3.70. The quantitative estimate of drug-likeness (QED) is 0.439. The van der Waals surface area contributed by atoms with Crippen molar-refractivity contribution in [1.82, 2.24) is 0 Å². The van der Waals surface area contributed by atoms with Gasteiger partial charge < -0.3 is 5.32 Å². The normalized spacial score (nSPS) is 11.2. The predicted octanol–water partition coefficient (Wildman–Crippen LogP) is 5.53. The molecule has 3 rings (SSSR count). The molecule has 0 saturated carbocycles. The number of thioether (sulfide) groups is 1. The van der Waals surface area contributed by atoms with Crippen LogP contribution in [0.25, 0.3) is 0 Å². The average Bonchev–Trinajstić information content (AvgIpc) is 2.72. The smallest absolute Gasteiger partial charge is 0.261 e. The van der Waals surface area contributed by atoms with E-state index in [0.29, 0.717) is 23.5 Å². The molecule has 3 aromatic carbocycles. The van der Waals surface area contributed by atoms with E-state index in [1.807, 2.05) is 51.1 Å². The molecular formula is C24H26N2O3S2. The summed E-state index contributed by atoms with van der Waals surface area (Å²) in [6, 6.07) is 19.8. The highest BCUT2D eigenvalue weighted by atomic mass is 32.2. The van der Waals surface area contributed by atoms with Crippen molar-refractivity contribution in [2.24, 2.45) is 0 Å². The first-order chi connectivity index (χ1) is 14.7. The molecule has 0 aliphatic carbocycles. The molecule has 2 N–H and O–H groups in total. The fraction of sp³-hybridized carbons (Fsp3) is 0.208. The van der Waals surface area contributed by atoms with Crippen LogP contribution in [0.5, 0.6) is 0 Å². The van der Waals surface area contributed by atoms with Crippen LogP contribution in [0.2, 0.25) is 0 Å². The molecule has 0 spiro atoms. The Kier molecular flexibility index (Phi) is 7.41. The number of carbonyl (C=O) groups excluding carboxylic acids is 1. The van der Waals surface area contributed by atoms with Gasteiger partial charge in [0.1, 0.15) is 0 Å². The Bertz CT molecular complexity index is 1160. The van der Waals surface area contributed by atoms with Crippen molar-refractivity contribution in [1.29, 1.82) is 0 Å². The molecule has 0 atom stereocenters. The Balaban J connectivity index is 1.54. The molecule has 3 aromatic rings. The SMILES string of the molecule is Cc1ccc(SCCC(=O)Nc2ccc(S(=O)(=O)Nc3ccc(C)c(C)c3)cc2)cc1. The third-order valence-electron chi connectivity index (χ3n) is 4.83. The molecule has 162 valence electrons. The van der Waals surface area contributed by atoms with E-state index in [1.54, 1.807) is 36.0 Å². The number of rotatable bonds is 8. The molecule has 0 aromatic heterocycles. The van der Waals surface area contributed by atoms with E-state index < -0.39 is 10.0 Å². The van der Waals surface area contributed by atoms with Crippen LogP contribution in [0.15, 0.2) is 76.5 Å². The maximum atomic E-state index is 12.6. The molecule has 31 heavy (non-hydrogen) atoms. The van der Waals surface area contributed by atoms with Crippen molar-refractivity contribution < 1.29 is 13.2 Å². The van der Waals surface area contributed by atoms with Crippen LogP contribution in [0, 0.1) is 20.8 Å². The highest BCUT2D eigenvalue weighted by molar-refractivity contribution is 7.99. The molecule has 0 heterocycles. The summed E-state index contributed by atoms with van der Waals surface area (Å²) in [5.74, 6) is 0.560. The monoisotopic (exact) mass is 454 g/mol. The van der Waals surface area contributed by atoms with Crippen LogP contribution in [0.3, 0.4) is 0 Å². The van der Waals surface area contributed by atoms with E-state index in [-0.39, 0.29) is 10.8 Å². The van der Waals surface area contributed by atoms with Crippen molar-refractivity contribution in [3.63, 3.8) is 0 Å². The lowest BCUT2D eigenvalue weighted by atomic mass is 10.1. The minimum absolute atomic E-state index is 0.108. The summed E-state index contributed by atoms with van der Waals surface area (Å²) in [6.07, 6.45) is 0.368. The number of sulfonamides is 1. The van der Waals surface area contributed by atoms with Gasteiger partial charge in [-0.1, -0.05) is 23.8 Å². The van der Waals surface area contributed by atoms with Crippen LogP contribution in [-0.4, -0.2) is 20.1 Å². The van der Waals surface area contributed by atoms with Crippen molar-refractivity contribution in [2.75, 3.05) is 15.8 Å². The fourth-order valence-electron chi connectivity index (χ4n) is 2.86. The first kappa shape index (κ1) is 22.9. The highest BCUT2D eigenvalue weighted by Crippen LogP contribution is 2.22. The maximum Gasteiger partial charge on any atom is 0.261 e. The van der Waals surface area contributed by atoms with Gasteiger partial charge in [0.2, 0.25) is 5.91 Å². The third kappa shape index (κ3) is 6.60. The van der Waals surface area contributed by atoms with Gasteiger partial charge in [-0.05, 0) is 80.4 Å². The number of nitrogens with one attached hydrogen (secondary N) is 2. The lowest BCUT2D eigenvalue weighted by molar-refractivity contribution is -0.115. The number of aryl methyl sites for hydroxylation is 3. The summed E-state index contributed by atoms with van der Waals surface area (Å²) in [5, 5.41) is 2.81. The molecule has 0 saturated heterocycles. The molecule has 5 nitrogen and oxygen atoms in total. The van der Waals surface area contributed by atoms with Crippen molar-refractivity contribution in [3.05, 3.63) is 83.4 Å². The lowest BCUT2D eigenvalue weighted by Crippen LogP contribution is -2.14. The molecule has 0 radical (unpaired) electrons. The van der Waals surface area contributed by atoms with Crippen LogP contribution in [0.4, 0.5) is 11.4 Å². The molecule has 0 fully saturated rings. The van der Waals surface area contributed by atoms with Gasteiger partial charge in [0, 0.05) is 28.4 Å². The van der Waals surface area contributed by atoms with E-state index in [1.165, 1.54) is 17.7 Å². The van der Waals surface area contributed by atoms with E-state index in [0.717, 1.165) is 16.0 Å². The summed E-state index contributed by atoms with van der Waals surface area (Å²) in [7, 11) is -3.70. The van der Waals surface area contributed by atoms with Gasteiger partial charge in [0.05, 0.1) is 4.90 Å². The maximum absolute atomic E-state index is 12.6. The van der Waals surface area contributed by atoms with Crippen molar-refractivity contribution in [3.8, 4) is 0 Å². The summed E-state index contributed by atoms with van der Waals surface area (Å²) < 4.78 is 27.8. The summed E-state index contributed by atoms with van der Waals surface area (Å²) in [4.78, 5) is 13.5. The number of benzene rings is 3. The molecule has 0 unspecified atom stereocenters. The zero-order chi connectivity index (χ0) is 22.4. The van der Waals surface area contributed by atoms with Gasteiger partial charge >= 0.3 is 0 Å². The third-order valence-corrected chi connectivity index (χ3v) is 7.24. The molecule has 0 aliphatic heterocycles. The second kappa shape index (κ2) is 10.0. The second-order valence-corrected chi connectivity index (χ2v) is 10.2. The molecule has 7 heteroatoms. The predicted molar refractivity (Wildman–Crippen MR) is 128 cm³/mol. The van der Waals surface area contributed by atoms with E-state index in [4.69, 9.17) is 0 Å². The standard InChI is InChI=1S/C24H26N2O3S2/c1-17-4-10-22(11-5-17)30-15-14-24(27)25-20-8-12-23(13-9-20)31(28,29)26-21-7-6-18(2)19(3)16-21/h4-13,16,26H,14-15H2,1-3H3,(H,25,27). The Hall–Kier alpha value is -2.77. The number of anilines is 2. The number of amides is 1. The molecule has 1 amide bonds. The van der Waals surface area contributed by atoms with E-state index >= 15 is 0 Å². The minimum Gasteiger partial charge on any atom is -0.326 e. The Labute approximate surface area is 188 Å². The number of carbonyl (C=O) groups is 1. The topological polar surface area (TPSA) is 75.3 Å². The Morgan fingerprint density at radius 3 is 2.13 bits per heavy atom. The van der Waals surface area contributed by atoms with Gasteiger partial charge in [0.25, 0.3) is 10.0 Å². The Morgan fingerprint density at radius 1 is 0.839 bits per heavy atom. The summed E-state index contributed by atoms with van der Waals surface area (Å²) >= 11 is 1.63. The molecular weight excluding hydrogens is 428 g/mol. The van der Waals surface area contributed by atoms with Crippen LogP contribution in [-0.2, 0) is 14.8 Å². The molecule has 0 aliphatic rings. The van der Waals surface area contributed by atoms with Gasteiger partial charge in [-0.25, -0.2) is 8.42 Å². The van der Waals surface area contributed by atoms with Crippen LogP contribution in [0.1, 0.15) is 23.1 Å². The zero-order valence-electron chi connectivity index (χ0n) is 17.8. The molecule has 0 bridgehead atoms. The first-order valence-corrected chi connectivity index (χ1v) is 12.4. The van der Waals surface area contributed by atoms with Gasteiger partial charge in [-0.3, -0.25) is 9.52 Å². The largest absolute Gasteiger partial charge is 0.326 e. The van der Waals surface area contributed by atoms with Gasteiger partial charge in [-0.15, -0.1) is 11.8 Å². The van der Waals surface area contributed by atoms with Crippen molar-refractivity contribution >= 4 is 39.1 Å². The second-order valence-electron chi connectivity index (χ2n) is 7.39. The van der Waals surface area contributed by atoms with E-state index in [2.05, 4.69) is 10.0 Å². The van der Waals surface area contributed by atoms with E-state index in [9.17, 15) is 13.2 Å². The summed E-state index contributed by atoms with van der Waals surface area (Å²) in [5.41, 5.74) is 4.40. The fourth-order valence-corrected chi connectivity index (χ4v) is 4.76.